The van der Waals surface area contributed by atoms with Crippen LogP contribution in [-0.4, -0.2) is 78.6 Å². The minimum absolute atomic E-state index is 0. The number of anilines is 1. The van der Waals surface area contributed by atoms with Crippen LogP contribution in [0.5, 0.6) is 0 Å². The number of aromatic amines is 1. The summed E-state index contributed by atoms with van der Waals surface area (Å²) in [6.45, 7) is 2.07. The number of hydrogen-bond donors (Lipinski definition) is 3. The summed E-state index contributed by atoms with van der Waals surface area (Å²) in [6.07, 6.45) is 3.38. The molecule has 1 aromatic carbocycles. The van der Waals surface area contributed by atoms with Crippen molar-refractivity contribution in [2.45, 2.75) is 37.0 Å². The van der Waals surface area contributed by atoms with Crippen LogP contribution in [0.3, 0.4) is 0 Å². The van der Waals surface area contributed by atoms with E-state index in [0.29, 0.717) is 73.5 Å². The second-order valence-electron chi connectivity index (χ2n) is 9.47. The second-order valence-corrected chi connectivity index (χ2v) is 11.4. The van der Waals surface area contributed by atoms with Crippen LogP contribution in [0, 0.1) is 0 Å². The number of carbonyl (C=O) groups excluding carboxylic acids is 2. The summed E-state index contributed by atoms with van der Waals surface area (Å²) in [5, 5.41) is 12.0. The SMILES string of the molecule is CN1CCN(S(=O)(=O)c2ccc3c(c2)/C(=C/c2[nH]c4c(c2CCC(=O)O)C(=O)CCC4)C(=O)N3)CC1.Cl. The normalized spacial score (nSPS) is 19.3. The van der Waals surface area contributed by atoms with Crippen molar-refractivity contribution in [2.75, 3.05) is 38.5 Å². The molecular weight excluding hydrogens is 520 g/mol. The lowest BCUT2D eigenvalue weighted by Gasteiger charge is -2.31. The number of piperazine rings is 1. The number of amides is 1. The van der Waals surface area contributed by atoms with Crippen molar-refractivity contribution in [1.29, 1.82) is 0 Å². The summed E-state index contributed by atoms with van der Waals surface area (Å²) in [4.78, 5) is 42.2. The number of halogens is 1. The number of likely N-dealkylation sites (N-methyl/N-ethyl adjacent to an activating group) is 1. The van der Waals surface area contributed by atoms with Gasteiger partial charge in [-0.15, -0.1) is 12.4 Å². The Morgan fingerprint density at radius 2 is 1.86 bits per heavy atom. The van der Waals surface area contributed by atoms with Crippen LogP contribution >= 0.6 is 12.4 Å². The van der Waals surface area contributed by atoms with E-state index >= 15 is 0 Å². The molecule has 0 radical (unpaired) electrons. The Morgan fingerprint density at radius 3 is 2.57 bits per heavy atom. The number of H-pyrrole nitrogens is 1. The van der Waals surface area contributed by atoms with Gasteiger partial charge in [0.15, 0.2) is 5.78 Å². The molecule has 10 nitrogen and oxygen atoms in total. The highest BCUT2D eigenvalue weighted by Gasteiger charge is 2.32. The Morgan fingerprint density at radius 1 is 1.14 bits per heavy atom. The topological polar surface area (TPSA) is 140 Å². The summed E-state index contributed by atoms with van der Waals surface area (Å²) < 4.78 is 28.0. The van der Waals surface area contributed by atoms with Gasteiger partial charge >= 0.3 is 5.97 Å². The van der Waals surface area contributed by atoms with Crippen molar-refractivity contribution in [1.82, 2.24) is 14.2 Å². The van der Waals surface area contributed by atoms with Crippen LogP contribution in [0.25, 0.3) is 11.6 Å². The number of aryl methyl sites for hydroxylation is 1. The number of rotatable bonds is 6. The van der Waals surface area contributed by atoms with E-state index in [-0.39, 0.29) is 47.4 Å². The molecule has 1 amide bonds. The summed E-state index contributed by atoms with van der Waals surface area (Å²) in [5.41, 5.74) is 3.61. The molecule has 1 aromatic heterocycles. The maximum atomic E-state index is 13.3. The van der Waals surface area contributed by atoms with E-state index in [1.54, 1.807) is 12.1 Å². The number of hydrogen-bond acceptors (Lipinski definition) is 6. The molecule has 37 heavy (non-hydrogen) atoms. The van der Waals surface area contributed by atoms with Crippen LogP contribution < -0.4 is 5.32 Å². The maximum absolute atomic E-state index is 13.3. The van der Waals surface area contributed by atoms with Crippen LogP contribution in [0.15, 0.2) is 23.1 Å². The van der Waals surface area contributed by atoms with Gasteiger partial charge in [-0.2, -0.15) is 4.31 Å². The first kappa shape index (κ1) is 27.1. The summed E-state index contributed by atoms with van der Waals surface area (Å²) in [5.74, 6) is -1.40. The molecule has 0 unspecified atom stereocenters. The molecule has 0 spiro atoms. The molecule has 5 rings (SSSR count). The van der Waals surface area contributed by atoms with Gasteiger partial charge in [-0.05, 0) is 56.1 Å². The Kier molecular flexibility index (Phi) is 7.61. The molecule has 1 aliphatic carbocycles. The van der Waals surface area contributed by atoms with E-state index in [0.717, 1.165) is 5.69 Å². The number of ketones is 1. The number of carboxylic acid groups (broad SMARTS) is 1. The molecule has 0 atom stereocenters. The standard InChI is InChI=1S/C25H28N4O6S.ClH/c1-28-9-11-29(12-10-28)36(34,35)15-5-7-19-17(13-15)18(25(33)27-19)14-21-16(6-8-23(31)32)24-20(26-21)3-2-4-22(24)30;/h5,7,13-14,26H,2-4,6,8-12H2,1H3,(H,27,33)(H,31,32);1H/b18-14-;. The molecule has 3 N–H and O–H groups in total. The second kappa shape index (κ2) is 10.4. The van der Waals surface area contributed by atoms with Crippen molar-refractivity contribution >= 4 is 57.4 Å². The zero-order chi connectivity index (χ0) is 25.6. The Bertz CT molecular complexity index is 1410. The average Bonchev–Trinajstić information content (AvgIpc) is 3.35. The molecule has 3 aliphatic rings. The third-order valence-corrected chi connectivity index (χ3v) is 8.97. The van der Waals surface area contributed by atoms with E-state index in [2.05, 4.69) is 15.2 Å². The summed E-state index contributed by atoms with van der Waals surface area (Å²) in [6, 6.07) is 4.60. The van der Waals surface area contributed by atoms with Crippen molar-refractivity contribution in [2.24, 2.45) is 0 Å². The molecule has 2 aliphatic heterocycles. The van der Waals surface area contributed by atoms with Gasteiger partial charge in [-0.25, -0.2) is 8.42 Å². The number of aliphatic carboxylic acids is 1. The Hall–Kier alpha value is -2.99. The van der Waals surface area contributed by atoms with Crippen LogP contribution in [0.2, 0.25) is 0 Å². The van der Waals surface area contributed by atoms with Crippen LogP contribution in [-0.2, 0) is 32.5 Å². The van der Waals surface area contributed by atoms with E-state index < -0.39 is 16.0 Å². The predicted molar refractivity (Wildman–Crippen MR) is 140 cm³/mol. The Balaban J connectivity index is 0.00000320. The summed E-state index contributed by atoms with van der Waals surface area (Å²) >= 11 is 0. The van der Waals surface area contributed by atoms with Crippen LogP contribution in [0.4, 0.5) is 5.69 Å². The smallest absolute Gasteiger partial charge is 0.303 e. The van der Waals surface area contributed by atoms with Gasteiger partial charge in [0.2, 0.25) is 10.0 Å². The number of sulfonamides is 1. The fraction of sp³-hybridized carbons (Fsp3) is 0.400. The highest BCUT2D eigenvalue weighted by molar-refractivity contribution is 7.89. The average molecular weight is 549 g/mol. The van der Waals surface area contributed by atoms with Gasteiger partial charge in [0, 0.05) is 67.2 Å². The van der Waals surface area contributed by atoms with E-state index in [4.69, 9.17) is 0 Å². The number of benzene rings is 1. The van der Waals surface area contributed by atoms with Crippen molar-refractivity contribution in [3.63, 3.8) is 0 Å². The van der Waals surface area contributed by atoms with Gasteiger partial charge in [0.05, 0.1) is 10.5 Å². The minimum atomic E-state index is -3.73. The Labute approximate surface area is 221 Å². The molecular formula is C25H29ClN4O6S. The lowest BCUT2D eigenvalue weighted by Crippen LogP contribution is -2.47. The highest BCUT2D eigenvalue weighted by Crippen LogP contribution is 2.37. The van der Waals surface area contributed by atoms with Gasteiger partial charge in [-0.3, -0.25) is 14.4 Å². The van der Waals surface area contributed by atoms with E-state index in [9.17, 15) is 27.9 Å². The third kappa shape index (κ3) is 5.08. The minimum Gasteiger partial charge on any atom is -0.481 e. The summed E-state index contributed by atoms with van der Waals surface area (Å²) in [7, 11) is -1.79. The number of aromatic nitrogens is 1. The predicted octanol–water partition coefficient (Wildman–Crippen LogP) is 2.40. The zero-order valence-electron chi connectivity index (χ0n) is 20.4. The number of Topliss-reactive ketones (excluding diaryl/α,β-unsaturated/α-hetero) is 1. The first-order chi connectivity index (χ1) is 17.1. The molecule has 0 bridgehead atoms. The molecule has 2 aromatic rings. The largest absolute Gasteiger partial charge is 0.481 e. The third-order valence-electron chi connectivity index (χ3n) is 7.08. The maximum Gasteiger partial charge on any atom is 0.303 e. The molecule has 0 saturated carbocycles. The first-order valence-corrected chi connectivity index (χ1v) is 13.4. The molecule has 1 fully saturated rings. The molecule has 1 saturated heterocycles. The van der Waals surface area contributed by atoms with E-state index in [1.165, 1.54) is 16.4 Å². The fourth-order valence-corrected chi connectivity index (χ4v) is 6.55. The highest BCUT2D eigenvalue weighted by atomic mass is 35.5. The van der Waals surface area contributed by atoms with E-state index in [1.807, 2.05) is 7.05 Å². The lowest BCUT2D eigenvalue weighted by atomic mass is 9.91. The van der Waals surface area contributed by atoms with Gasteiger partial charge in [0.25, 0.3) is 5.91 Å². The molecule has 12 heteroatoms. The van der Waals surface area contributed by atoms with Gasteiger partial charge in [-0.1, -0.05) is 0 Å². The number of carbonyl (C=O) groups is 3. The van der Waals surface area contributed by atoms with Gasteiger partial charge < -0.3 is 20.3 Å². The van der Waals surface area contributed by atoms with Crippen molar-refractivity contribution in [3.8, 4) is 0 Å². The van der Waals surface area contributed by atoms with Crippen molar-refractivity contribution in [3.05, 3.63) is 46.3 Å². The fourth-order valence-electron chi connectivity index (χ4n) is 5.10. The first-order valence-electron chi connectivity index (χ1n) is 12.0. The molecule has 198 valence electrons. The lowest BCUT2D eigenvalue weighted by molar-refractivity contribution is -0.137. The quantitative estimate of drug-likeness (QED) is 0.471. The number of nitrogens with one attached hydrogen (secondary N) is 2. The van der Waals surface area contributed by atoms with Crippen molar-refractivity contribution < 1.29 is 27.9 Å². The zero-order valence-corrected chi connectivity index (χ0v) is 22.0. The monoisotopic (exact) mass is 548 g/mol. The number of carboxylic acids is 1. The number of nitrogens with zero attached hydrogens (tertiary/aromatic N) is 2. The van der Waals surface area contributed by atoms with Gasteiger partial charge in [0.1, 0.15) is 0 Å². The molecule has 3 heterocycles. The van der Waals surface area contributed by atoms with Crippen LogP contribution in [0.1, 0.15) is 52.1 Å². The number of fused-ring (bicyclic) bond motifs is 2.